The molecule has 1 aromatic carbocycles. The van der Waals surface area contributed by atoms with Gasteiger partial charge < -0.3 is 24.1 Å². The highest BCUT2D eigenvalue weighted by Gasteiger charge is 2.16. The van der Waals surface area contributed by atoms with E-state index in [4.69, 9.17) is 19.0 Å². The molecule has 0 spiro atoms. The van der Waals surface area contributed by atoms with Crippen LogP contribution in [0.25, 0.3) is 11.0 Å². The predicted molar refractivity (Wildman–Crippen MR) is 105 cm³/mol. The normalized spacial score (nSPS) is 10.9. The summed E-state index contributed by atoms with van der Waals surface area (Å²) in [5, 5.41) is 19.3. The van der Waals surface area contributed by atoms with Crippen LogP contribution in [0.5, 0.6) is 17.2 Å². The Kier molecular flexibility index (Phi) is 8.65. The van der Waals surface area contributed by atoms with Crippen molar-refractivity contribution in [3.63, 3.8) is 0 Å². The molecule has 7 nitrogen and oxygen atoms in total. The molecule has 0 saturated heterocycles. The number of carboxylic acid groups (broad SMARTS) is 1. The molecule has 154 valence electrons. The molecule has 0 aliphatic carbocycles. The molecular weight excluding hydrogens is 364 g/mol. The quantitative estimate of drug-likeness (QED) is 0.382. The van der Waals surface area contributed by atoms with Gasteiger partial charge in [0, 0.05) is 6.07 Å². The van der Waals surface area contributed by atoms with Gasteiger partial charge in [-0.2, -0.15) is 0 Å². The summed E-state index contributed by atoms with van der Waals surface area (Å²) in [5.74, 6) is -1.37. The van der Waals surface area contributed by atoms with Crippen molar-refractivity contribution in [2.45, 2.75) is 58.3 Å². The SMILES string of the molecule is CCCCCCCCCCOc1c(O)c2ccc(OCC(=O)O)cc2oc1=O. The molecule has 0 unspecified atom stereocenters. The van der Waals surface area contributed by atoms with Gasteiger partial charge in [-0.05, 0) is 18.6 Å². The average Bonchev–Trinajstić information content (AvgIpc) is 2.67. The molecule has 0 atom stereocenters. The maximum absolute atomic E-state index is 12.1. The van der Waals surface area contributed by atoms with E-state index in [1.165, 1.54) is 50.3 Å². The molecule has 1 heterocycles. The van der Waals surface area contributed by atoms with Gasteiger partial charge >= 0.3 is 11.6 Å². The number of aliphatic carboxylic acids is 1. The van der Waals surface area contributed by atoms with Crippen LogP contribution < -0.4 is 15.1 Å². The number of benzene rings is 1. The van der Waals surface area contributed by atoms with E-state index in [0.717, 1.165) is 19.3 Å². The van der Waals surface area contributed by atoms with Crippen molar-refractivity contribution in [1.29, 1.82) is 0 Å². The number of carbonyl (C=O) groups is 1. The molecule has 2 rings (SSSR count). The lowest BCUT2D eigenvalue weighted by molar-refractivity contribution is -0.139. The Morgan fingerprint density at radius 1 is 1.04 bits per heavy atom. The largest absolute Gasteiger partial charge is 0.504 e. The minimum Gasteiger partial charge on any atom is -0.504 e. The lowest BCUT2D eigenvalue weighted by Gasteiger charge is -2.09. The number of aromatic hydroxyl groups is 1. The van der Waals surface area contributed by atoms with Gasteiger partial charge in [-0.25, -0.2) is 9.59 Å². The van der Waals surface area contributed by atoms with Crippen molar-refractivity contribution in [3.8, 4) is 17.2 Å². The smallest absolute Gasteiger partial charge is 0.383 e. The Labute approximate surface area is 163 Å². The lowest BCUT2D eigenvalue weighted by Crippen LogP contribution is -2.10. The van der Waals surface area contributed by atoms with Crippen molar-refractivity contribution < 1.29 is 28.9 Å². The summed E-state index contributed by atoms with van der Waals surface area (Å²) in [6.07, 6.45) is 9.20. The fraction of sp³-hybridized carbons (Fsp3) is 0.524. The van der Waals surface area contributed by atoms with Crippen molar-refractivity contribution in [2.24, 2.45) is 0 Å². The Morgan fingerprint density at radius 3 is 2.39 bits per heavy atom. The summed E-state index contributed by atoms with van der Waals surface area (Å²) in [5.41, 5.74) is -0.676. The third-order valence-electron chi connectivity index (χ3n) is 4.42. The number of fused-ring (bicyclic) bond motifs is 1. The number of rotatable bonds is 13. The van der Waals surface area contributed by atoms with Gasteiger partial charge in [0.15, 0.2) is 12.4 Å². The zero-order valence-corrected chi connectivity index (χ0v) is 16.2. The van der Waals surface area contributed by atoms with Gasteiger partial charge in [-0.15, -0.1) is 0 Å². The van der Waals surface area contributed by atoms with Crippen LogP contribution in [-0.4, -0.2) is 29.4 Å². The van der Waals surface area contributed by atoms with Crippen molar-refractivity contribution in [1.82, 2.24) is 0 Å². The maximum atomic E-state index is 12.1. The molecule has 28 heavy (non-hydrogen) atoms. The molecule has 0 radical (unpaired) electrons. The van der Waals surface area contributed by atoms with Crippen molar-refractivity contribution >= 4 is 16.9 Å². The van der Waals surface area contributed by atoms with Crippen LogP contribution in [-0.2, 0) is 4.79 Å². The number of carboxylic acids is 1. The lowest BCUT2D eigenvalue weighted by atomic mass is 10.1. The van der Waals surface area contributed by atoms with Crippen LogP contribution in [0.4, 0.5) is 0 Å². The van der Waals surface area contributed by atoms with Gasteiger partial charge in [0.05, 0.1) is 12.0 Å². The predicted octanol–water partition coefficient (Wildman–Crippen LogP) is 4.48. The minimum atomic E-state index is -1.12. The summed E-state index contributed by atoms with van der Waals surface area (Å²) < 4.78 is 15.7. The average molecular weight is 392 g/mol. The van der Waals surface area contributed by atoms with Gasteiger partial charge in [0.25, 0.3) is 0 Å². The second-order valence-electron chi connectivity index (χ2n) is 6.73. The van der Waals surface area contributed by atoms with E-state index >= 15 is 0 Å². The van der Waals surface area contributed by atoms with E-state index < -0.39 is 18.2 Å². The zero-order valence-electron chi connectivity index (χ0n) is 16.2. The highest BCUT2D eigenvalue weighted by molar-refractivity contribution is 5.86. The fourth-order valence-electron chi connectivity index (χ4n) is 2.92. The molecule has 0 aliphatic heterocycles. The molecule has 0 amide bonds. The molecule has 0 bridgehead atoms. The first kappa shape index (κ1) is 21.6. The first-order valence-corrected chi connectivity index (χ1v) is 9.80. The fourth-order valence-corrected chi connectivity index (χ4v) is 2.92. The highest BCUT2D eigenvalue weighted by atomic mass is 16.5. The topological polar surface area (TPSA) is 106 Å². The summed E-state index contributed by atoms with van der Waals surface area (Å²) in [7, 11) is 0. The van der Waals surface area contributed by atoms with E-state index in [9.17, 15) is 14.7 Å². The zero-order chi connectivity index (χ0) is 20.4. The van der Waals surface area contributed by atoms with Crippen molar-refractivity contribution in [3.05, 3.63) is 28.6 Å². The number of hydrogen-bond donors (Lipinski definition) is 2. The highest BCUT2D eigenvalue weighted by Crippen LogP contribution is 2.33. The summed E-state index contributed by atoms with van der Waals surface area (Å²) in [6.45, 7) is 2.02. The number of unbranched alkanes of at least 4 members (excludes halogenated alkanes) is 7. The van der Waals surface area contributed by atoms with E-state index in [1.807, 2.05) is 0 Å². The molecular formula is C21H28O7. The monoisotopic (exact) mass is 392 g/mol. The summed E-state index contributed by atoms with van der Waals surface area (Å²) >= 11 is 0. The first-order valence-electron chi connectivity index (χ1n) is 9.80. The van der Waals surface area contributed by atoms with Crippen LogP contribution in [0.15, 0.2) is 27.4 Å². The third kappa shape index (κ3) is 6.48. The standard InChI is InChI=1S/C21H28O7/c1-2-3-4-5-6-7-8-9-12-26-20-19(24)16-11-10-15(27-14-18(22)23)13-17(16)28-21(20)25/h10-11,13,24H,2-9,12,14H2,1H3,(H,22,23). The first-order chi connectivity index (χ1) is 13.5. The van der Waals surface area contributed by atoms with Crippen LogP contribution in [0.2, 0.25) is 0 Å². The summed E-state index contributed by atoms with van der Waals surface area (Å²) in [6, 6.07) is 4.35. The molecule has 0 saturated carbocycles. The van der Waals surface area contributed by atoms with Crippen molar-refractivity contribution in [2.75, 3.05) is 13.2 Å². The van der Waals surface area contributed by atoms with Gasteiger partial charge in [0.2, 0.25) is 5.75 Å². The van der Waals surface area contributed by atoms with E-state index in [1.54, 1.807) is 0 Å². The van der Waals surface area contributed by atoms with Gasteiger partial charge in [-0.3, -0.25) is 0 Å². The molecule has 0 aliphatic rings. The van der Waals surface area contributed by atoms with Crippen LogP contribution >= 0.6 is 0 Å². The maximum Gasteiger partial charge on any atom is 0.383 e. The Hall–Kier alpha value is -2.70. The molecule has 2 aromatic rings. The molecule has 1 aromatic heterocycles. The molecule has 7 heteroatoms. The molecule has 0 fully saturated rings. The Bertz CT molecular complexity index is 825. The second kappa shape index (κ2) is 11.2. The number of hydrogen-bond acceptors (Lipinski definition) is 6. The van der Waals surface area contributed by atoms with Gasteiger partial charge in [-0.1, -0.05) is 51.9 Å². The number of ether oxygens (including phenoxy) is 2. The van der Waals surface area contributed by atoms with E-state index in [0.29, 0.717) is 12.0 Å². The van der Waals surface area contributed by atoms with Crippen LogP contribution in [0.1, 0.15) is 58.3 Å². The minimum absolute atomic E-state index is 0.102. The molecule has 2 N–H and O–H groups in total. The Morgan fingerprint density at radius 2 is 1.71 bits per heavy atom. The Balaban J connectivity index is 1.90. The van der Waals surface area contributed by atoms with Crippen LogP contribution in [0.3, 0.4) is 0 Å². The van der Waals surface area contributed by atoms with E-state index in [2.05, 4.69) is 6.92 Å². The summed E-state index contributed by atoms with van der Waals surface area (Å²) in [4.78, 5) is 22.7. The van der Waals surface area contributed by atoms with E-state index in [-0.39, 0.29) is 22.8 Å². The second-order valence-corrected chi connectivity index (χ2v) is 6.73. The van der Waals surface area contributed by atoms with Crippen LogP contribution in [0, 0.1) is 0 Å². The van der Waals surface area contributed by atoms with Gasteiger partial charge in [0.1, 0.15) is 11.3 Å². The third-order valence-corrected chi connectivity index (χ3v) is 4.42.